The van der Waals surface area contributed by atoms with Gasteiger partial charge in [0, 0.05) is 0 Å². The van der Waals surface area contributed by atoms with Gasteiger partial charge in [-0.15, -0.1) is 0 Å². The van der Waals surface area contributed by atoms with E-state index in [0.717, 1.165) is 6.42 Å². The van der Waals surface area contributed by atoms with Gasteiger partial charge < -0.3 is 10.1 Å². The molecule has 1 rings (SSSR count). The average molecular weight is 143 g/mol. The van der Waals surface area contributed by atoms with Crippen LogP contribution in [0.4, 0.5) is 0 Å². The Kier molecular flexibility index (Phi) is 2.40. The smallest absolute Gasteiger partial charge is 0.177 e. The zero-order valence-corrected chi connectivity index (χ0v) is 6.39. The second-order valence-corrected chi connectivity index (χ2v) is 2.49. The molecule has 0 aromatic heterocycles. The van der Waals surface area contributed by atoms with Gasteiger partial charge in [0.05, 0.1) is 12.1 Å². The Bertz CT molecular complexity index is 136. The van der Waals surface area contributed by atoms with Crippen LogP contribution in [0.2, 0.25) is 0 Å². The highest BCUT2D eigenvalue weighted by Crippen LogP contribution is 2.12. The minimum atomic E-state index is -0.0648. The molecule has 0 radical (unpaired) electrons. The van der Waals surface area contributed by atoms with Crippen LogP contribution in [0.1, 0.15) is 13.3 Å². The molecular formula is C7H13NO2. The molecule has 3 heteroatoms. The molecule has 0 aromatic rings. The lowest BCUT2D eigenvalue weighted by Crippen LogP contribution is -2.38. The van der Waals surface area contributed by atoms with Crippen LogP contribution in [0.15, 0.2) is 0 Å². The van der Waals surface area contributed by atoms with E-state index in [1.807, 2.05) is 6.92 Å². The number of carbonyl (C=O) groups excluding carboxylic acids is 1. The molecule has 0 amide bonds. The first-order chi connectivity index (χ1) is 4.79. The van der Waals surface area contributed by atoms with Crippen molar-refractivity contribution in [2.24, 2.45) is 0 Å². The fourth-order valence-corrected chi connectivity index (χ4v) is 1.28. The monoisotopic (exact) mass is 143 g/mol. The van der Waals surface area contributed by atoms with Crippen molar-refractivity contribution in [1.82, 2.24) is 5.32 Å². The number of hydrogen-bond donors (Lipinski definition) is 1. The molecule has 1 N–H and O–H groups in total. The van der Waals surface area contributed by atoms with Gasteiger partial charge in [-0.25, -0.2) is 0 Å². The predicted octanol–water partition coefficient (Wildman–Crippen LogP) is -0.0477. The molecule has 0 saturated carbocycles. The molecule has 1 fully saturated rings. The molecule has 0 aromatic carbocycles. The van der Waals surface area contributed by atoms with Gasteiger partial charge in [-0.3, -0.25) is 4.79 Å². The molecule has 0 aliphatic carbocycles. The lowest BCUT2D eigenvalue weighted by molar-refractivity contribution is -0.119. The van der Waals surface area contributed by atoms with Crippen molar-refractivity contribution in [1.29, 1.82) is 0 Å². The third-order valence-corrected chi connectivity index (χ3v) is 1.87. The molecule has 1 heterocycles. The minimum absolute atomic E-state index is 0.0648. The van der Waals surface area contributed by atoms with Gasteiger partial charge in [0.1, 0.15) is 6.61 Å². The van der Waals surface area contributed by atoms with Crippen molar-refractivity contribution in [2.75, 3.05) is 13.7 Å². The number of rotatable bonds is 2. The summed E-state index contributed by atoms with van der Waals surface area (Å²) in [6.07, 6.45) is 0.995. The summed E-state index contributed by atoms with van der Waals surface area (Å²) < 4.78 is 5.21. The van der Waals surface area contributed by atoms with Crippen molar-refractivity contribution in [3.8, 4) is 0 Å². The number of hydrogen-bond acceptors (Lipinski definition) is 3. The lowest BCUT2D eigenvalue weighted by atomic mass is 10.1. The van der Waals surface area contributed by atoms with E-state index in [1.54, 1.807) is 7.05 Å². The number of nitrogens with one attached hydrogen (secondary N) is 1. The number of ether oxygens (including phenoxy) is 1. The minimum Gasteiger partial charge on any atom is -0.368 e. The fraction of sp³-hybridized carbons (Fsp3) is 0.857. The Morgan fingerprint density at radius 2 is 2.50 bits per heavy atom. The summed E-state index contributed by atoms with van der Waals surface area (Å²) in [7, 11) is 1.79. The highest BCUT2D eigenvalue weighted by molar-refractivity contribution is 5.87. The number of likely N-dealkylation sites (N-methyl/N-ethyl adjacent to an activating group) is 1. The van der Waals surface area contributed by atoms with Crippen molar-refractivity contribution in [3.63, 3.8) is 0 Å². The van der Waals surface area contributed by atoms with Crippen molar-refractivity contribution >= 4 is 5.78 Å². The van der Waals surface area contributed by atoms with E-state index in [0.29, 0.717) is 0 Å². The van der Waals surface area contributed by atoms with Gasteiger partial charge in [-0.1, -0.05) is 6.92 Å². The maximum Gasteiger partial charge on any atom is 0.177 e. The van der Waals surface area contributed by atoms with Gasteiger partial charge in [0.2, 0.25) is 0 Å². The van der Waals surface area contributed by atoms with Crippen LogP contribution < -0.4 is 5.32 Å². The molecule has 1 aliphatic rings. The zero-order chi connectivity index (χ0) is 7.56. The molecule has 1 aliphatic heterocycles. The normalized spacial score (nSPS) is 33.2. The van der Waals surface area contributed by atoms with Crippen LogP contribution >= 0.6 is 0 Å². The predicted molar refractivity (Wildman–Crippen MR) is 37.9 cm³/mol. The molecule has 0 bridgehead atoms. The van der Waals surface area contributed by atoms with E-state index in [-0.39, 0.29) is 24.5 Å². The number of ketones is 1. The molecule has 58 valence electrons. The third-order valence-electron chi connectivity index (χ3n) is 1.87. The van der Waals surface area contributed by atoms with Gasteiger partial charge in [0.25, 0.3) is 0 Å². The van der Waals surface area contributed by atoms with Crippen molar-refractivity contribution < 1.29 is 9.53 Å². The second-order valence-electron chi connectivity index (χ2n) is 2.49. The average Bonchev–Trinajstić information content (AvgIpc) is 2.30. The van der Waals surface area contributed by atoms with Crippen LogP contribution in [0.5, 0.6) is 0 Å². The second kappa shape index (κ2) is 3.12. The van der Waals surface area contributed by atoms with E-state index in [9.17, 15) is 4.79 Å². The molecule has 1 saturated heterocycles. The highest BCUT2D eigenvalue weighted by Gasteiger charge is 2.32. The summed E-state index contributed by atoms with van der Waals surface area (Å²) in [5.74, 6) is 0.175. The molecule has 3 nitrogen and oxygen atoms in total. The third kappa shape index (κ3) is 1.20. The lowest BCUT2D eigenvalue weighted by Gasteiger charge is -2.13. The molecule has 2 unspecified atom stereocenters. The van der Waals surface area contributed by atoms with Gasteiger partial charge >= 0.3 is 0 Å². The first-order valence-electron chi connectivity index (χ1n) is 3.61. The fourth-order valence-electron chi connectivity index (χ4n) is 1.28. The van der Waals surface area contributed by atoms with Gasteiger partial charge in [0.15, 0.2) is 5.78 Å². The van der Waals surface area contributed by atoms with Crippen LogP contribution in [0.3, 0.4) is 0 Å². The topological polar surface area (TPSA) is 38.3 Å². The van der Waals surface area contributed by atoms with E-state index < -0.39 is 0 Å². The summed E-state index contributed by atoms with van der Waals surface area (Å²) in [4.78, 5) is 11.0. The van der Waals surface area contributed by atoms with Gasteiger partial charge in [-0.05, 0) is 13.5 Å². The maximum atomic E-state index is 11.0. The van der Waals surface area contributed by atoms with E-state index >= 15 is 0 Å². The van der Waals surface area contributed by atoms with E-state index in [4.69, 9.17) is 4.74 Å². The highest BCUT2D eigenvalue weighted by atomic mass is 16.5. The van der Waals surface area contributed by atoms with E-state index in [2.05, 4.69) is 5.32 Å². The van der Waals surface area contributed by atoms with Crippen LogP contribution in [0.25, 0.3) is 0 Å². The van der Waals surface area contributed by atoms with Crippen LogP contribution in [0, 0.1) is 0 Å². The standard InChI is InChI=1S/C7H13NO2/c1-3-6-7(8-2)5(9)4-10-6/h6-8H,3-4H2,1-2H3. The summed E-state index contributed by atoms with van der Waals surface area (Å²) in [6.45, 7) is 2.30. The van der Waals surface area contributed by atoms with Crippen molar-refractivity contribution in [3.05, 3.63) is 0 Å². The van der Waals surface area contributed by atoms with Crippen LogP contribution in [-0.2, 0) is 9.53 Å². The summed E-state index contributed by atoms with van der Waals surface area (Å²) in [6, 6.07) is -0.0648. The SMILES string of the molecule is CCC1OCC(=O)C1NC. The molecule has 10 heavy (non-hydrogen) atoms. The number of carbonyl (C=O) groups is 1. The Morgan fingerprint density at radius 1 is 1.80 bits per heavy atom. The summed E-state index contributed by atoms with van der Waals surface area (Å²) in [5.41, 5.74) is 0. The summed E-state index contributed by atoms with van der Waals surface area (Å²) in [5, 5.41) is 2.94. The van der Waals surface area contributed by atoms with Gasteiger partial charge in [-0.2, -0.15) is 0 Å². The molecule has 0 spiro atoms. The van der Waals surface area contributed by atoms with Crippen molar-refractivity contribution in [2.45, 2.75) is 25.5 Å². The number of Topliss-reactive ketones (excluding diaryl/α,β-unsaturated/α-hetero) is 1. The largest absolute Gasteiger partial charge is 0.368 e. The Labute approximate surface area is 60.7 Å². The first kappa shape index (κ1) is 7.69. The Morgan fingerprint density at radius 3 is 2.90 bits per heavy atom. The van der Waals surface area contributed by atoms with Crippen LogP contribution in [-0.4, -0.2) is 31.6 Å². The molecule has 2 atom stereocenters. The summed E-state index contributed by atoms with van der Waals surface area (Å²) >= 11 is 0. The molecular weight excluding hydrogens is 130 g/mol. The Balaban J connectivity index is 2.54. The first-order valence-corrected chi connectivity index (χ1v) is 3.61. The quantitative estimate of drug-likeness (QED) is 0.589. The maximum absolute atomic E-state index is 11.0. The van der Waals surface area contributed by atoms with E-state index in [1.165, 1.54) is 0 Å². The zero-order valence-electron chi connectivity index (χ0n) is 6.39. The Hall–Kier alpha value is -0.410.